The van der Waals surface area contributed by atoms with Crippen molar-refractivity contribution >= 4 is 11.8 Å². The molecule has 4 atom stereocenters. The van der Waals surface area contributed by atoms with E-state index in [4.69, 9.17) is 4.74 Å². The molecule has 3 unspecified atom stereocenters. The molecule has 3 aromatic rings. The van der Waals surface area contributed by atoms with E-state index >= 15 is 0 Å². The summed E-state index contributed by atoms with van der Waals surface area (Å²) in [4.78, 5) is 31.3. The molecule has 3 aliphatic rings. The van der Waals surface area contributed by atoms with Crippen molar-refractivity contribution in [3.63, 3.8) is 0 Å². The fraction of sp³-hybridized carbons (Fsp3) is 0.394. The van der Waals surface area contributed by atoms with Crippen molar-refractivity contribution in [2.75, 3.05) is 19.6 Å². The third-order valence-corrected chi connectivity index (χ3v) is 8.32. The minimum Gasteiger partial charge on any atom is -0.508 e. The smallest absolute Gasteiger partial charge is 0.246 e. The highest BCUT2D eigenvalue weighted by atomic mass is 16.6. The van der Waals surface area contributed by atoms with Crippen LogP contribution in [0.1, 0.15) is 35.6 Å². The van der Waals surface area contributed by atoms with Crippen LogP contribution in [-0.2, 0) is 33.8 Å². The molecule has 0 radical (unpaired) electrons. The lowest BCUT2D eigenvalue weighted by molar-refractivity contribution is -0.162. The SMILES string of the molecule is CCCN(C1OC1NCc1ccccc1)N1CC(=O)N2C(Cc3ccc(O)cc3)C(=O)N(Cc3ccc(C)cc3)C[C@@H]21. The van der Waals surface area contributed by atoms with Crippen molar-refractivity contribution in [3.8, 4) is 5.75 Å². The number of carbonyl (C=O) groups is 2. The number of piperazine rings is 1. The second-order valence-electron chi connectivity index (χ2n) is 11.4. The van der Waals surface area contributed by atoms with E-state index in [1.807, 2.05) is 42.2 Å². The molecule has 2 N–H and O–H groups in total. The highest BCUT2D eigenvalue weighted by molar-refractivity contribution is 5.91. The molecule has 42 heavy (non-hydrogen) atoms. The maximum absolute atomic E-state index is 14.0. The number of rotatable bonds is 11. The van der Waals surface area contributed by atoms with Crippen molar-refractivity contribution in [1.29, 1.82) is 0 Å². The lowest BCUT2D eigenvalue weighted by atomic mass is 9.99. The van der Waals surface area contributed by atoms with Gasteiger partial charge in [-0.2, -0.15) is 0 Å². The van der Waals surface area contributed by atoms with Crippen molar-refractivity contribution < 1.29 is 19.4 Å². The average Bonchev–Trinajstić information content (AvgIpc) is 3.70. The van der Waals surface area contributed by atoms with Crippen LogP contribution in [-0.4, -0.2) is 81.0 Å². The second kappa shape index (κ2) is 12.2. The standard InChI is InChI=1S/C33H39N5O4/c1-3-17-36(33-31(42-33)34-19-25-7-5-4-6-8-25)37-22-30(40)38-28(18-24-13-15-27(39)16-14-24)32(41)35(21-29(37)38)20-26-11-9-23(2)10-12-26/h4-16,28-29,31,33-34,39H,3,17-22H2,1-2H3/t28?,29-,31?,33?/m1/s1. The van der Waals surface area contributed by atoms with Crippen LogP contribution in [0.2, 0.25) is 0 Å². The molecule has 0 saturated carbocycles. The predicted octanol–water partition coefficient (Wildman–Crippen LogP) is 3.22. The van der Waals surface area contributed by atoms with E-state index in [9.17, 15) is 14.7 Å². The van der Waals surface area contributed by atoms with E-state index in [1.165, 1.54) is 11.1 Å². The topological polar surface area (TPSA) is 91.9 Å². The summed E-state index contributed by atoms with van der Waals surface area (Å²) in [6.07, 6.45) is 0.663. The van der Waals surface area contributed by atoms with Gasteiger partial charge in [0.05, 0.1) is 13.1 Å². The van der Waals surface area contributed by atoms with Crippen molar-refractivity contribution in [2.45, 2.75) is 64.4 Å². The third-order valence-electron chi connectivity index (χ3n) is 8.32. The lowest BCUT2D eigenvalue weighted by Gasteiger charge is -2.46. The van der Waals surface area contributed by atoms with E-state index in [0.29, 0.717) is 26.1 Å². The molecule has 0 spiro atoms. The van der Waals surface area contributed by atoms with Crippen LogP contribution >= 0.6 is 0 Å². The highest BCUT2D eigenvalue weighted by Gasteiger charge is 2.55. The lowest BCUT2D eigenvalue weighted by Crippen LogP contribution is -2.65. The second-order valence-corrected chi connectivity index (χ2v) is 11.4. The Labute approximate surface area is 247 Å². The average molecular weight is 570 g/mol. The number of aryl methyl sites for hydroxylation is 1. The molecular weight excluding hydrogens is 530 g/mol. The first-order valence-corrected chi connectivity index (χ1v) is 14.8. The Morgan fingerprint density at radius 1 is 0.952 bits per heavy atom. The molecule has 220 valence electrons. The Morgan fingerprint density at radius 3 is 2.38 bits per heavy atom. The van der Waals surface area contributed by atoms with Gasteiger partial charge in [-0.05, 0) is 42.2 Å². The third kappa shape index (κ3) is 6.05. The zero-order valence-electron chi connectivity index (χ0n) is 24.2. The molecule has 6 rings (SSSR count). The molecule has 2 amide bonds. The number of aromatic hydroxyl groups is 1. The Morgan fingerprint density at radius 2 is 1.67 bits per heavy atom. The van der Waals surface area contributed by atoms with Gasteiger partial charge < -0.3 is 19.6 Å². The van der Waals surface area contributed by atoms with E-state index in [0.717, 1.165) is 24.1 Å². The summed E-state index contributed by atoms with van der Waals surface area (Å²) in [5, 5.41) is 17.6. The van der Waals surface area contributed by atoms with Gasteiger partial charge >= 0.3 is 0 Å². The van der Waals surface area contributed by atoms with Crippen LogP contribution in [0.25, 0.3) is 0 Å². The Bertz CT molecular complexity index is 1380. The van der Waals surface area contributed by atoms with Crippen LogP contribution in [0.4, 0.5) is 0 Å². The van der Waals surface area contributed by atoms with Crippen molar-refractivity contribution in [2.24, 2.45) is 0 Å². The fourth-order valence-electron chi connectivity index (χ4n) is 6.10. The highest BCUT2D eigenvalue weighted by Crippen LogP contribution is 2.34. The number of nitrogens with one attached hydrogen (secondary N) is 1. The van der Waals surface area contributed by atoms with Crippen molar-refractivity contribution in [1.82, 2.24) is 25.1 Å². The molecule has 3 aromatic carbocycles. The maximum atomic E-state index is 14.0. The summed E-state index contributed by atoms with van der Waals surface area (Å²) in [5.74, 6) is 0.0657. The largest absolute Gasteiger partial charge is 0.508 e. The summed E-state index contributed by atoms with van der Waals surface area (Å²) in [5.41, 5.74) is 4.31. The van der Waals surface area contributed by atoms with Gasteiger partial charge in [-0.1, -0.05) is 79.2 Å². The predicted molar refractivity (Wildman–Crippen MR) is 158 cm³/mol. The number of hydrazine groups is 1. The molecule has 0 bridgehead atoms. The quantitative estimate of drug-likeness (QED) is 0.343. The molecule has 3 fully saturated rings. The van der Waals surface area contributed by atoms with Crippen LogP contribution in [0, 0.1) is 6.92 Å². The Balaban J connectivity index is 1.24. The molecule has 3 saturated heterocycles. The summed E-state index contributed by atoms with van der Waals surface area (Å²) in [6, 6.07) is 24.7. The summed E-state index contributed by atoms with van der Waals surface area (Å²) in [6.45, 7) is 6.71. The first kappa shape index (κ1) is 28.4. The van der Waals surface area contributed by atoms with Crippen LogP contribution in [0.15, 0.2) is 78.9 Å². The van der Waals surface area contributed by atoms with Gasteiger partial charge in [-0.25, -0.2) is 10.0 Å². The number of hydrogen-bond donors (Lipinski definition) is 2. The normalized spacial score (nSPS) is 24.0. The molecule has 9 heteroatoms. The zero-order valence-corrected chi connectivity index (χ0v) is 24.2. The number of benzene rings is 3. The number of epoxide rings is 1. The minimum absolute atomic E-state index is 0.0531. The van der Waals surface area contributed by atoms with Crippen LogP contribution in [0.5, 0.6) is 5.75 Å². The van der Waals surface area contributed by atoms with Gasteiger partial charge in [0.2, 0.25) is 11.8 Å². The van der Waals surface area contributed by atoms with E-state index in [1.54, 1.807) is 17.0 Å². The first-order valence-electron chi connectivity index (χ1n) is 14.8. The molecule has 0 aliphatic carbocycles. The van der Waals surface area contributed by atoms with Gasteiger partial charge in [-0.3, -0.25) is 14.9 Å². The molecule has 0 aromatic heterocycles. The maximum Gasteiger partial charge on any atom is 0.246 e. The molecule has 3 heterocycles. The number of phenolic OH excluding ortho intramolecular Hbond substituents is 1. The number of amides is 2. The number of fused-ring (bicyclic) bond motifs is 1. The van der Waals surface area contributed by atoms with E-state index < -0.39 is 6.04 Å². The first-order chi connectivity index (χ1) is 20.4. The number of ether oxygens (including phenoxy) is 1. The van der Waals surface area contributed by atoms with Crippen molar-refractivity contribution in [3.05, 3.63) is 101 Å². The summed E-state index contributed by atoms with van der Waals surface area (Å²) >= 11 is 0. The number of phenols is 1. The van der Waals surface area contributed by atoms with E-state index in [2.05, 4.69) is 58.7 Å². The van der Waals surface area contributed by atoms with Crippen LogP contribution in [0.3, 0.4) is 0 Å². The summed E-state index contributed by atoms with van der Waals surface area (Å²) < 4.78 is 6.11. The monoisotopic (exact) mass is 569 g/mol. The molecule has 9 nitrogen and oxygen atoms in total. The van der Waals surface area contributed by atoms with Crippen LogP contribution < -0.4 is 5.32 Å². The number of nitrogens with zero attached hydrogens (tertiary/aromatic N) is 4. The van der Waals surface area contributed by atoms with Gasteiger partial charge in [0.25, 0.3) is 0 Å². The number of carbonyl (C=O) groups excluding carboxylic acids is 2. The number of hydrogen-bond acceptors (Lipinski definition) is 7. The fourth-order valence-corrected chi connectivity index (χ4v) is 6.10. The van der Waals surface area contributed by atoms with E-state index in [-0.39, 0.29) is 42.7 Å². The molecule has 3 aliphatic heterocycles. The van der Waals surface area contributed by atoms with Gasteiger partial charge in [0.15, 0.2) is 12.5 Å². The van der Waals surface area contributed by atoms with Gasteiger partial charge in [0.1, 0.15) is 18.0 Å². The zero-order chi connectivity index (χ0) is 29.2. The molecular formula is C33H39N5O4. The minimum atomic E-state index is -0.633. The van der Waals surface area contributed by atoms with Gasteiger partial charge in [-0.15, -0.1) is 0 Å². The Hall–Kier alpha value is -3.76. The van der Waals surface area contributed by atoms with Gasteiger partial charge in [0, 0.05) is 26.1 Å². The Kier molecular flexibility index (Phi) is 8.26. The summed E-state index contributed by atoms with van der Waals surface area (Å²) in [7, 11) is 0.